The van der Waals surface area contributed by atoms with E-state index < -0.39 is 0 Å². The maximum atomic E-state index is 8.73. The number of nitrogens with zero attached hydrogens (tertiary/aromatic N) is 3. The highest BCUT2D eigenvalue weighted by Crippen LogP contribution is 2.12. The summed E-state index contributed by atoms with van der Waals surface area (Å²) in [7, 11) is 0. The van der Waals surface area contributed by atoms with E-state index in [9.17, 15) is 0 Å². The molecular formula is C11H8ClN3O2. The molecule has 0 saturated carbocycles. The van der Waals surface area contributed by atoms with Gasteiger partial charge in [0, 0.05) is 24.5 Å². The fraction of sp³-hybridized carbons (Fsp3) is 0. The minimum atomic E-state index is 0.0223. The summed E-state index contributed by atoms with van der Waals surface area (Å²) in [6.45, 7) is 0. The first-order valence-corrected chi connectivity index (χ1v) is 4.83. The molecule has 86 valence electrons. The molecular weight excluding hydrogens is 242 g/mol. The van der Waals surface area contributed by atoms with Gasteiger partial charge in [0.15, 0.2) is 0 Å². The highest BCUT2D eigenvalue weighted by molar-refractivity contribution is 6.30. The Balaban J connectivity index is 0.000000171. The first-order valence-electron chi connectivity index (χ1n) is 4.45. The molecule has 2 heterocycles. The van der Waals surface area contributed by atoms with E-state index in [1.807, 2.05) is 6.07 Å². The summed E-state index contributed by atoms with van der Waals surface area (Å²) >= 11 is 5.42. The lowest BCUT2D eigenvalue weighted by Crippen LogP contribution is -1.74. The molecule has 0 aromatic carbocycles. The van der Waals surface area contributed by atoms with Crippen LogP contribution in [0.4, 0.5) is 0 Å². The number of rotatable bonds is 0. The highest BCUT2D eigenvalue weighted by Gasteiger charge is 1.89. The van der Waals surface area contributed by atoms with Crippen LogP contribution in [-0.4, -0.2) is 20.2 Å². The molecule has 0 bridgehead atoms. The van der Waals surface area contributed by atoms with Crippen LogP contribution in [0.2, 0.25) is 5.02 Å². The smallest absolute Gasteiger partial charge is 0.135 e. The zero-order valence-electron chi connectivity index (χ0n) is 8.58. The molecule has 0 spiro atoms. The molecule has 0 aliphatic carbocycles. The molecule has 0 radical (unpaired) electrons. The van der Waals surface area contributed by atoms with E-state index in [1.165, 1.54) is 36.9 Å². The topological polar surface area (TPSA) is 90.0 Å². The van der Waals surface area contributed by atoms with Crippen LogP contribution in [0.1, 0.15) is 5.56 Å². The summed E-state index contributed by atoms with van der Waals surface area (Å²) in [5, 5.41) is 26.1. The summed E-state index contributed by atoms with van der Waals surface area (Å²) in [6.07, 6.45) is 5.45. The van der Waals surface area contributed by atoms with Gasteiger partial charge in [-0.05, 0) is 0 Å². The van der Waals surface area contributed by atoms with Gasteiger partial charge >= 0.3 is 0 Å². The van der Waals surface area contributed by atoms with Crippen LogP contribution in [0.5, 0.6) is 11.5 Å². The lowest BCUT2D eigenvalue weighted by atomic mass is 10.3. The molecule has 2 aromatic heterocycles. The number of nitriles is 1. The van der Waals surface area contributed by atoms with Gasteiger partial charge in [0.1, 0.15) is 17.6 Å². The molecule has 0 aliphatic rings. The lowest BCUT2D eigenvalue weighted by Gasteiger charge is -1.87. The van der Waals surface area contributed by atoms with Gasteiger partial charge in [-0.25, -0.2) is 0 Å². The monoisotopic (exact) mass is 249 g/mol. The quantitative estimate of drug-likeness (QED) is 0.746. The van der Waals surface area contributed by atoms with Gasteiger partial charge in [-0.15, -0.1) is 0 Å². The van der Waals surface area contributed by atoms with Gasteiger partial charge in [-0.2, -0.15) is 5.26 Å². The Kier molecular flexibility index (Phi) is 4.73. The van der Waals surface area contributed by atoms with Gasteiger partial charge in [-0.3, -0.25) is 9.97 Å². The predicted octanol–water partition coefficient (Wildman–Crippen LogP) is 2.10. The number of halogens is 1. The van der Waals surface area contributed by atoms with Crippen molar-refractivity contribution in [2.45, 2.75) is 0 Å². The van der Waals surface area contributed by atoms with Crippen molar-refractivity contribution < 1.29 is 10.2 Å². The fourth-order valence-electron chi connectivity index (χ4n) is 0.890. The SMILES string of the molecule is N#Cc1cncc(O)c1.Oc1cncc(Cl)c1. The summed E-state index contributed by atoms with van der Waals surface area (Å²) < 4.78 is 0. The Morgan fingerprint density at radius 2 is 1.59 bits per heavy atom. The molecule has 2 rings (SSSR count). The second-order valence-electron chi connectivity index (χ2n) is 2.90. The summed E-state index contributed by atoms with van der Waals surface area (Å²) in [4.78, 5) is 7.18. The van der Waals surface area contributed by atoms with E-state index in [2.05, 4.69) is 9.97 Å². The van der Waals surface area contributed by atoms with Crippen LogP contribution in [0.3, 0.4) is 0 Å². The average molecular weight is 250 g/mol. The highest BCUT2D eigenvalue weighted by atomic mass is 35.5. The van der Waals surface area contributed by atoms with Crippen LogP contribution in [-0.2, 0) is 0 Å². The number of hydrogen-bond donors (Lipinski definition) is 2. The van der Waals surface area contributed by atoms with Crippen LogP contribution in [0.25, 0.3) is 0 Å². The van der Waals surface area contributed by atoms with Crippen molar-refractivity contribution in [2.24, 2.45) is 0 Å². The fourth-order valence-corrected chi connectivity index (χ4v) is 1.06. The normalized spacial score (nSPS) is 8.71. The predicted molar refractivity (Wildman–Crippen MR) is 61.5 cm³/mol. The maximum Gasteiger partial charge on any atom is 0.135 e. The molecule has 0 aliphatic heterocycles. The Bertz CT molecular complexity index is 523. The van der Waals surface area contributed by atoms with Crippen molar-refractivity contribution in [3.8, 4) is 17.6 Å². The molecule has 0 atom stereocenters. The van der Waals surface area contributed by atoms with Gasteiger partial charge in [0.05, 0.1) is 23.0 Å². The number of hydrogen-bond acceptors (Lipinski definition) is 5. The third-order valence-electron chi connectivity index (χ3n) is 1.54. The number of aromatic hydroxyl groups is 2. The van der Waals surface area contributed by atoms with E-state index in [4.69, 9.17) is 27.1 Å². The maximum absolute atomic E-state index is 8.73. The van der Waals surface area contributed by atoms with Gasteiger partial charge in [0.2, 0.25) is 0 Å². The van der Waals surface area contributed by atoms with Crippen molar-refractivity contribution in [3.63, 3.8) is 0 Å². The minimum Gasteiger partial charge on any atom is -0.506 e. The standard InChI is InChI=1S/C6H4N2O.C5H4ClNO/c7-2-5-1-6(9)4-8-3-5;6-4-1-5(8)3-7-2-4/h1,3-4,9H;1-3,8H. The van der Waals surface area contributed by atoms with Crippen molar-refractivity contribution in [3.05, 3.63) is 47.5 Å². The molecule has 0 saturated heterocycles. The third-order valence-corrected chi connectivity index (χ3v) is 1.75. The number of pyridine rings is 2. The van der Waals surface area contributed by atoms with E-state index in [0.29, 0.717) is 10.6 Å². The number of aromatic nitrogens is 2. The summed E-state index contributed by atoms with van der Waals surface area (Å²) in [5.41, 5.74) is 0.370. The second kappa shape index (κ2) is 6.30. The summed E-state index contributed by atoms with van der Waals surface area (Å²) in [5.74, 6) is 0.117. The molecule has 6 heteroatoms. The zero-order valence-corrected chi connectivity index (χ0v) is 9.33. The Morgan fingerprint density at radius 3 is 1.94 bits per heavy atom. The average Bonchev–Trinajstić information content (AvgIpc) is 2.29. The third kappa shape index (κ3) is 4.82. The van der Waals surface area contributed by atoms with E-state index >= 15 is 0 Å². The summed E-state index contributed by atoms with van der Waals surface area (Å²) in [6, 6.07) is 4.62. The second-order valence-corrected chi connectivity index (χ2v) is 3.34. The zero-order chi connectivity index (χ0) is 12.7. The van der Waals surface area contributed by atoms with Gasteiger partial charge in [-0.1, -0.05) is 11.6 Å². The van der Waals surface area contributed by atoms with Gasteiger partial charge in [0.25, 0.3) is 0 Å². The molecule has 2 N–H and O–H groups in total. The van der Waals surface area contributed by atoms with Gasteiger partial charge < -0.3 is 10.2 Å². The Hall–Kier alpha value is -2.32. The molecule has 5 nitrogen and oxygen atoms in total. The molecule has 0 unspecified atom stereocenters. The van der Waals surface area contributed by atoms with Crippen LogP contribution in [0.15, 0.2) is 36.9 Å². The largest absolute Gasteiger partial charge is 0.506 e. The lowest BCUT2D eigenvalue weighted by molar-refractivity contribution is 0.472. The van der Waals surface area contributed by atoms with Crippen molar-refractivity contribution in [2.75, 3.05) is 0 Å². The van der Waals surface area contributed by atoms with Crippen molar-refractivity contribution in [1.29, 1.82) is 5.26 Å². The molecule has 0 fully saturated rings. The minimum absolute atomic E-state index is 0.0223. The Labute approximate surface area is 103 Å². The van der Waals surface area contributed by atoms with Crippen molar-refractivity contribution in [1.82, 2.24) is 9.97 Å². The van der Waals surface area contributed by atoms with E-state index in [-0.39, 0.29) is 11.5 Å². The molecule has 2 aromatic rings. The van der Waals surface area contributed by atoms with Crippen LogP contribution in [0, 0.1) is 11.3 Å². The van der Waals surface area contributed by atoms with E-state index in [0.717, 1.165) is 0 Å². The first-order chi connectivity index (χ1) is 8.11. The first kappa shape index (κ1) is 12.7. The van der Waals surface area contributed by atoms with E-state index in [1.54, 1.807) is 0 Å². The Morgan fingerprint density at radius 1 is 1.00 bits per heavy atom. The molecule has 0 amide bonds. The van der Waals surface area contributed by atoms with Crippen molar-refractivity contribution >= 4 is 11.6 Å². The molecule has 17 heavy (non-hydrogen) atoms. The van der Waals surface area contributed by atoms with Crippen LogP contribution >= 0.6 is 11.6 Å². The van der Waals surface area contributed by atoms with Crippen LogP contribution < -0.4 is 0 Å².